The molecule has 3 aliphatic rings. The number of likely N-dealkylation sites (tertiary alicyclic amines) is 1. The fourth-order valence-electron chi connectivity index (χ4n) is 8.33. The van der Waals surface area contributed by atoms with Crippen LogP contribution in [0.5, 0.6) is 0 Å². The Morgan fingerprint density at radius 2 is 1.70 bits per heavy atom. The summed E-state index contributed by atoms with van der Waals surface area (Å²) in [4.78, 5) is 48.9. The summed E-state index contributed by atoms with van der Waals surface area (Å²) in [6, 6.07) is 21.6. The van der Waals surface area contributed by atoms with E-state index in [-0.39, 0.29) is 36.8 Å². The van der Waals surface area contributed by atoms with Crippen LogP contribution in [0.1, 0.15) is 25.8 Å². The maximum atomic E-state index is 15.2. The van der Waals surface area contributed by atoms with Crippen molar-refractivity contribution >= 4 is 34.2 Å². The number of rotatable bonds is 11. The number of hydrogen-bond acceptors (Lipinski definition) is 5. The number of carbonyl (C=O) groups is 3. The van der Waals surface area contributed by atoms with E-state index in [1.54, 1.807) is 33.9 Å². The molecule has 3 saturated heterocycles. The Kier molecular flexibility index (Phi) is 8.38. The Morgan fingerprint density at radius 1 is 1.02 bits per heavy atom. The predicted molar refractivity (Wildman–Crippen MR) is 179 cm³/mol. The maximum absolute atomic E-state index is 15.2. The summed E-state index contributed by atoms with van der Waals surface area (Å²) < 4.78 is 6.97. The second-order valence-corrected chi connectivity index (χ2v) is 13.3. The molecule has 3 aromatic rings. The molecule has 1 N–H and O–H groups in total. The average Bonchev–Trinajstić information content (AvgIpc) is 3.58. The van der Waals surface area contributed by atoms with Crippen molar-refractivity contribution in [2.24, 2.45) is 17.8 Å². The van der Waals surface area contributed by atoms with E-state index in [4.69, 9.17) is 4.74 Å². The first-order valence-electron chi connectivity index (χ1n) is 16.0. The molecule has 46 heavy (non-hydrogen) atoms. The van der Waals surface area contributed by atoms with Crippen molar-refractivity contribution in [2.75, 3.05) is 31.6 Å². The second kappa shape index (κ2) is 12.2. The third-order valence-electron chi connectivity index (χ3n) is 10.6. The van der Waals surface area contributed by atoms with Gasteiger partial charge < -0.3 is 24.5 Å². The van der Waals surface area contributed by atoms with E-state index >= 15 is 4.79 Å². The van der Waals surface area contributed by atoms with Gasteiger partial charge in [0, 0.05) is 25.8 Å². The summed E-state index contributed by atoms with van der Waals surface area (Å²) in [6.45, 7) is 11.8. The molecule has 7 atom stereocenters. The minimum Gasteiger partial charge on any atom is -0.394 e. The number of ether oxygens (including phenoxy) is 1. The van der Waals surface area contributed by atoms with Gasteiger partial charge in [0.2, 0.25) is 11.8 Å². The lowest BCUT2D eigenvalue weighted by Gasteiger charge is -2.39. The number of likely N-dealkylation sites (N-methyl/N-ethyl adjacent to an activating group) is 1. The molecule has 2 bridgehead atoms. The average molecular weight is 622 g/mol. The number of hydrogen-bond donors (Lipinski definition) is 1. The van der Waals surface area contributed by atoms with Gasteiger partial charge in [0.25, 0.3) is 5.91 Å². The first-order chi connectivity index (χ1) is 22.1. The zero-order valence-corrected chi connectivity index (χ0v) is 26.8. The number of nitrogens with zero attached hydrogens (tertiary/aromatic N) is 3. The molecule has 8 heteroatoms. The Balaban J connectivity index is 1.50. The molecule has 0 radical (unpaired) electrons. The molecule has 0 aromatic heterocycles. The molecule has 240 valence electrons. The SMILES string of the molecule is C=CCN(C)C(=O)[C@H]1[C@H]2C(=O)N([C@@H](CO)Cc3ccccc3)C(C(=O)N(CC=C)c3ccc4ccccc4c3)C23CC(C)[C@]1(C)O3. The van der Waals surface area contributed by atoms with Crippen molar-refractivity contribution < 1.29 is 24.2 Å². The van der Waals surface area contributed by atoms with E-state index in [0.717, 1.165) is 16.3 Å². The Bertz CT molecular complexity index is 1680. The molecular weight excluding hydrogens is 578 g/mol. The number of carbonyl (C=O) groups excluding carboxylic acids is 3. The van der Waals surface area contributed by atoms with Gasteiger partial charge in [-0.15, -0.1) is 13.2 Å². The fourth-order valence-corrected chi connectivity index (χ4v) is 8.33. The summed E-state index contributed by atoms with van der Waals surface area (Å²) in [5.74, 6) is -2.63. The van der Waals surface area contributed by atoms with Crippen LogP contribution >= 0.6 is 0 Å². The molecule has 3 amide bonds. The third kappa shape index (κ3) is 4.86. The van der Waals surface area contributed by atoms with Crippen LogP contribution in [0.4, 0.5) is 5.69 Å². The molecule has 1 spiro atoms. The number of anilines is 1. The summed E-state index contributed by atoms with van der Waals surface area (Å²) in [5, 5.41) is 12.9. The zero-order valence-electron chi connectivity index (χ0n) is 26.8. The van der Waals surface area contributed by atoms with Gasteiger partial charge in [-0.1, -0.05) is 79.7 Å². The monoisotopic (exact) mass is 621 g/mol. The minimum atomic E-state index is -1.25. The van der Waals surface area contributed by atoms with Crippen molar-refractivity contribution in [1.29, 1.82) is 0 Å². The smallest absolute Gasteiger partial charge is 0.253 e. The van der Waals surface area contributed by atoms with E-state index in [0.29, 0.717) is 25.1 Å². The predicted octanol–water partition coefficient (Wildman–Crippen LogP) is 4.62. The van der Waals surface area contributed by atoms with Crippen LogP contribution in [0.25, 0.3) is 10.8 Å². The zero-order chi connectivity index (χ0) is 32.8. The highest BCUT2D eigenvalue weighted by molar-refractivity contribution is 6.06. The van der Waals surface area contributed by atoms with Crippen LogP contribution in [-0.4, -0.2) is 82.7 Å². The number of amides is 3. The normalized spacial score (nSPS) is 28.6. The first-order valence-corrected chi connectivity index (χ1v) is 16.0. The largest absolute Gasteiger partial charge is 0.394 e. The maximum Gasteiger partial charge on any atom is 0.253 e. The summed E-state index contributed by atoms with van der Waals surface area (Å²) in [6.07, 6.45) is 4.10. The van der Waals surface area contributed by atoms with Crippen LogP contribution in [-0.2, 0) is 25.5 Å². The molecule has 0 saturated carbocycles. The number of fused-ring (bicyclic) bond motifs is 2. The first kappa shape index (κ1) is 31.7. The van der Waals surface area contributed by atoms with Gasteiger partial charge in [0.1, 0.15) is 11.6 Å². The lowest BCUT2D eigenvalue weighted by molar-refractivity contribution is -0.153. The van der Waals surface area contributed by atoms with Gasteiger partial charge in [-0.3, -0.25) is 14.4 Å². The molecule has 3 heterocycles. The lowest BCUT2D eigenvalue weighted by Crippen LogP contribution is -2.59. The molecule has 3 aliphatic heterocycles. The van der Waals surface area contributed by atoms with E-state index in [2.05, 4.69) is 13.2 Å². The van der Waals surface area contributed by atoms with E-state index in [9.17, 15) is 14.7 Å². The van der Waals surface area contributed by atoms with E-state index in [1.165, 1.54) is 0 Å². The Hall–Kier alpha value is -4.27. The van der Waals surface area contributed by atoms with Crippen molar-refractivity contribution in [2.45, 2.75) is 50.0 Å². The third-order valence-corrected chi connectivity index (χ3v) is 10.6. The topological polar surface area (TPSA) is 90.4 Å². The molecule has 3 fully saturated rings. The number of benzene rings is 3. The van der Waals surface area contributed by atoms with Crippen molar-refractivity contribution in [3.63, 3.8) is 0 Å². The molecule has 3 aromatic carbocycles. The second-order valence-electron chi connectivity index (χ2n) is 13.3. The lowest BCUT2D eigenvalue weighted by atomic mass is 9.62. The van der Waals surface area contributed by atoms with Gasteiger partial charge in [0.15, 0.2) is 0 Å². The quantitative estimate of drug-likeness (QED) is 0.316. The van der Waals surface area contributed by atoms with Crippen molar-refractivity contribution in [3.8, 4) is 0 Å². The molecule has 6 rings (SSSR count). The molecule has 0 aliphatic carbocycles. The highest BCUT2D eigenvalue weighted by Gasteiger charge is 2.80. The summed E-state index contributed by atoms with van der Waals surface area (Å²) in [5.41, 5.74) is -0.600. The van der Waals surface area contributed by atoms with Crippen molar-refractivity contribution in [1.82, 2.24) is 9.80 Å². The highest BCUT2D eigenvalue weighted by Crippen LogP contribution is 2.66. The van der Waals surface area contributed by atoms with E-state index < -0.39 is 35.1 Å². The van der Waals surface area contributed by atoms with Crippen LogP contribution in [0.3, 0.4) is 0 Å². The number of aliphatic hydroxyl groups excluding tert-OH is 1. The van der Waals surface area contributed by atoms with Gasteiger partial charge in [-0.25, -0.2) is 0 Å². The Labute approximate surface area is 270 Å². The van der Waals surface area contributed by atoms with Gasteiger partial charge >= 0.3 is 0 Å². The minimum absolute atomic E-state index is 0.104. The molecule has 8 nitrogen and oxygen atoms in total. The van der Waals surface area contributed by atoms with Gasteiger partial charge in [-0.2, -0.15) is 0 Å². The van der Waals surface area contributed by atoms with E-state index in [1.807, 2.05) is 86.6 Å². The van der Waals surface area contributed by atoms with Gasteiger partial charge in [-0.05, 0) is 54.2 Å². The summed E-state index contributed by atoms with van der Waals surface area (Å²) in [7, 11) is 1.70. The Morgan fingerprint density at radius 3 is 2.37 bits per heavy atom. The summed E-state index contributed by atoms with van der Waals surface area (Å²) >= 11 is 0. The van der Waals surface area contributed by atoms with Crippen LogP contribution < -0.4 is 4.90 Å². The van der Waals surface area contributed by atoms with Crippen LogP contribution in [0.15, 0.2) is 98.1 Å². The molecular formula is C38H43N3O5. The highest BCUT2D eigenvalue weighted by atomic mass is 16.5. The van der Waals surface area contributed by atoms with Crippen molar-refractivity contribution in [3.05, 3.63) is 104 Å². The van der Waals surface area contributed by atoms with Gasteiger partial charge in [0.05, 0.1) is 30.1 Å². The fraction of sp³-hybridized carbons (Fsp3) is 0.395. The van der Waals surface area contributed by atoms with Crippen LogP contribution in [0, 0.1) is 17.8 Å². The van der Waals surface area contributed by atoms with Crippen LogP contribution in [0.2, 0.25) is 0 Å². The molecule has 3 unspecified atom stereocenters. The standard InChI is InChI=1S/C38H43N3O5/c1-6-19-39(5)34(43)31-32-35(44)41(30(24-42)21-26-13-9-8-10-14-26)33(38(32)23-25(3)37(31,4)46-38)36(45)40(20-7-2)29-18-17-27-15-11-12-16-28(27)22-29/h6-18,22,25,30-33,42H,1-2,19-21,23-24H2,3-5H3/t25?,30-,31-,32+,33?,37+,38?/m1/s1. The number of aliphatic hydroxyl groups is 1.